The highest BCUT2D eigenvalue weighted by atomic mass is 79.9. The van der Waals surface area contributed by atoms with Crippen LogP contribution in [-0.4, -0.2) is 16.2 Å². The van der Waals surface area contributed by atoms with Crippen molar-refractivity contribution in [2.24, 2.45) is 0 Å². The molecule has 3 rings (SSSR count). The van der Waals surface area contributed by atoms with Gasteiger partial charge in [0.1, 0.15) is 22.6 Å². The average Bonchev–Trinajstić information content (AvgIpc) is 2.58. The third-order valence-corrected chi connectivity index (χ3v) is 3.68. The summed E-state index contributed by atoms with van der Waals surface area (Å²) < 4.78 is 22.1. The molecule has 1 aliphatic heterocycles. The lowest BCUT2D eigenvalue weighted by Gasteiger charge is -2.15. The fourth-order valence-electron chi connectivity index (χ4n) is 2.27. The van der Waals surface area contributed by atoms with E-state index in [0.717, 1.165) is 30.7 Å². The van der Waals surface area contributed by atoms with E-state index in [1.165, 1.54) is 0 Å². The molecule has 1 aliphatic rings. The van der Waals surface area contributed by atoms with Gasteiger partial charge >= 0.3 is 0 Å². The Labute approximate surface area is 107 Å². The Morgan fingerprint density at radius 1 is 1.47 bits per heavy atom. The summed E-state index contributed by atoms with van der Waals surface area (Å²) in [5.74, 6) is 1.24. The van der Waals surface area contributed by atoms with Gasteiger partial charge in [0.05, 0.1) is 11.1 Å². The van der Waals surface area contributed by atoms with Crippen LogP contribution in [0.25, 0.3) is 11.0 Å². The molecule has 0 atom stereocenters. The van der Waals surface area contributed by atoms with Gasteiger partial charge in [-0.1, -0.05) is 0 Å². The predicted octanol–water partition coefficient (Wildman–Crippen LogP) is 3.42. The monoisotopic (exact) mass is 298 g/mol. The van der Waals surface area contributed by atoms with E-state index in [9.17, 15) is 4.39 Å². The minimum Gasteiger partial charge on any atom is -0.491 e. The Hall–Kier alpha value is -1.10. The smallest absolute Gasteiger partial charge is 0.165 e. The largest absolute Gasteiger partial charge is 0.491 e. The number of hydrogen-bond acceptors (Lipinski definition) is 2. The molecule has 0 spiro atoms. The summed E-state index contributed by atoms with van der Waals surface area (Å²) in [4.78, 5) is 4.31. The number of halogens is 2. The first kappa shape index (κ1) is 11.0. The molecular weight excluding hydrogens is 287 g/mol. The predicted molar refractivity (Wildman–Crippen MR) is 66.9 cm³/mol. The number of rotatable bonds is 0. The third-order valence-electron chi connectivity index (χ3n) is 3.10. The maximum Gasteiger partial charge on any atom is 0.165 e. The lowest BCUT2D eigenvalue weighted by atomic mass is 10.2. The Bertz CT molecular complexity index is 594. The van der Waals surface area contributed by atoms with E-state index in [0.29, 0.717) is 22.3 Å². The van der Waals surface area contributed by atoms with Gasteiger partial charge in [0, 0.05) is 6.54 Å². The number of imidazole rings is 1. The van der Waals surface area contributed by atoms with E-state index >= 15 is 0 Å². The van der Waals surface area contributed by atoms with Gasteiger partial charge in [0.25, 0.3) is 0 Å². The summed E-state index contributed by atoms with van der Waals surface area (Å²) in [5.41, 5.74) is 1.18. The molecular formula is C12H12BrFN2O. The van der Waals surface area contributed by atoms with E-state index in [1.807, 2.05) is 11.5 Å². The molecule has 5 heteroatoms. The van der Waals surface area contributed by atoms with Crippen LogP contribution in [-0.2, 0) is 6.54 Å². The second-order valence-electron chi connectivity index (χ2n) is 4.23. The van der Waals surface area contributed by atoms with Gasteiger partial charge in [-0.2, -0.15) is 0 Å². The Morgan fingerprint density at radius 3 is 3.12 bits per heavy atom. The Balaban J connectivity index is 2.39. The highest BCUT2D eigenvalue weighted by Gasteiger charge is 2.20. The third kappa shape index (κ3) is 1.64. The second kappa shape index (κ2) is 3.98. The zero-order valence-corrected chi connectivity index (χ0v) is 11.1. The van der Waals surface area contributed by atoms with Crippen LogP contribution < -0.4 is 4.74 Å². The first-order valence-corrected chi connectivity index (χ1v) is 6.45. The fraction of sp³-hybridized carbons (Fsp3) is 0.417. The number of ether oxygens (including phenoxy) is 1. The number of benzene rings is 1. The molecule has 0 aliphatic carbocycles. The summed E-state index contributed by atoms with van der Waals surface area (Å²) in [6.45, 7) is 3.45. The molecule has 1 aromatic carbocycles. The molecule has 0 saturated heterocycles. The van der Waals surface area contributed by atoms with Gasteiger partial charge < -0.3 is 9.30 Å². The Morgan fingerprint density at radius 2 is 2.29 bits per heavy atom. The van der Waals surface area contributed by atoms with E-state index in [4.69, 9.17) is 4.74 Å². The van der Waals surface area contributed by atoms with Crippen LogP contribution in [0.4, 0.5) is 4.39 Å². The summed E-state index contributed by atoms with van der Waals surface area (Å²) in [6.07, 6.45) is 2.04. The van der Waals surface area contributed by atoms with Gasteiger partial charge in [-0.05, 0) is 41.8 Å². The molecule has 0 saturated carbocycles. The highest BCUT2D eigenvalue weighted by molar-refractivity contribution is 9.10. The lowest BCUT2D eigenvalue weighted by molar-refractivity contribution is 0.298. The number of aromatic nitrogens is 2. The summed E-state index contributed by atoms with van der Waals surface area (Å²) in [7, 11) is 0. The molecule has 2 aromatic rings. The average molecular weight is 299 g/mol. The zero-order chi connectivity index (χ0) is 12.0. The normalized spacial score (nSPS) is 15.5. The molecule has 0 radical (unpaired) electrons. The van der Waals surface area contributed by atoms with Crippen LogP contribution in [0.1, 0.15) is 18.7 Å². The molecule has 0 amide bonds. The van der Waals surface area contributed by atoms with Crippen molar-refractivity contribution >= 4 is 27.0 Å². The van der Waals surface area contributed by atoms with Gasteiger partial charge in [-0.3, -0.25) is 0 Å². The minimum atomic E-state index is -0.310. The van der Waals surface area contributed by atoms with E-state index in [1.54, 1.807) is 6.07 Å². The molecule has 3 nitrogen and oxygen atoms in total. The van der Waals surface area contributed by atoms with Crippen molar-refractivity contribution in [1.29, 1.82) is 0 Å². The molecule has 0 bridgehead atoms. The second-order valence-corrected chi connectivity index (χ2v) is 5.09. The molecule has 2 heterocycles. The van der Waals surface area contributed by atoms with Crippen molar-refractivity contribution in [1.82, 2.24) is 9.55 Å². The van der Waals surface area contributed by atoms with Gasteiger partial charge in [0.2, 0.25) is 0 Å². The highest BCUT2D eigenvalue weighted by Crippen LogP contribution is 2.35. The SMILES string of the molecule is Cc1nc2c(F)c(Br)cc3c2n1CCCCO3. The van der Waals surface area contributed by atoms with Gasteiger partial charge in [-0.25, -0.2) is 9.37 Å². The maximum absolute atomic E-state index is 14.0. The number of aryl methyl sites for hydroxylation is 2. The minimum absolute atomic E-state index is 0.310. The van der Waals surface area contributed by atoms with Crippen LogP contribution in [0, 0.1) is 12.7 Å². The number of nitrogens with zero attached hydrogens (tertiary/aromatic N) is 2. The summed E-state index contributed by atoms with van der Waals surface area (Å²) in [6, 6.07) is 1.70. The van der Waals surface area contributed by atoms with Gasteiger partial charge in [0.15, 0.2) is 5.82 Å². The van der Waals surface area contributed by atoms with Crippen LogP contribution in [0.15, 0.2) is 10.5 Å². The molecule has 0 N–H and O–H groups in total. The number of hydrogen-bond donors (Lipinski definition) is 0. The fourth-order valence-corrected chi connectivity index (χ4v) is 2.66. The molecule has 17 heavy (non-hydrogen) atoms. The molecule has 90 valence electrons. The quantitative estimate of drug-likeness (QED) is 0.745. The standard InChI is InChI=1S/C12H12BrFN2O/c1-7-15-11-10(14)8(13)6-9-12(11)16(7)4-2-3-5-17-9/h6H,2-5H2,1H3. The van der Waals surface area contributed by atoms with E-state index < -0.39 is 0 Å². The summed E-state index contributed by atoms with van der Waals surface area (Å²) in [5, 5.41) is 0. The lowest BCUT2D eigenvalue weighted by Crippen LogP contribution is -2.09. The van der Waals surface area contributed by atoms with Crippen molar-refractivity contribution in [2.75, 3.05) is 6.61 Å². The topological polar surface area (TPSA) is 27.1 Å². The van der Waals surface area contributed by atoms with Crippen molar-refractivity contribution in [3.63, 3.8) is 0 Å². The van der Waals surface area contributed by atoms with E-state index in [-0.39, 0.29) is 5.82 Å². The van der Waals surface area contributed by atoms with Crippen LogP contribution >= 0.6 is 15.9 Å². The van der Waals surface area contributed by atoms with Crippen molar-refractivity contribution in [3.8, 4) is 5.75 Å². The summed E-state index contributed by atoms with van der Waals surface area (Å²) >= 11 is 3.21. The maximum atomic E-state index is 14.0. The van der Waals surface area contributed by atoms with Crippen LogP contribution in [0.5, 0.6) is 5.75 Å². The molecule has 0 fully saturated rings. The first-order valence-electron chi connectivity index (χ1n) is 5.66. The van der Waals surface area contributed by atoms with Crippen molar-refractivity contribution in [3.05, 3.63) is 22.2 Å². The Kier molecular flexibility index (Phi) is 2.58. The zero-order valence-electron chi connectivity index (χ0n) is 9.46. The van der Waals surface area contributed by atoms with Gasteiger partial charge in [-0.15, -0.1) is 0 Å². The van der Waals surface area contributed by atoms with Crippen molar-refractivity contribution in [2.45, 2.75) is 26.3 Å². The van der Waals surface area contributed by atoms with Crippen molar-refractivity contribution < 1.29 is 9.13 Å². The first-order chi connectivity index (χ1) is 8.18. The van der Waals surface area contributed by atoms with Crippen LogP contribution in [0.3, 0.4) is 0 Å². The molecule has 1 aromatic heterocycles. The molecule has 0 unspecified atom stereocenters. The van der Waals surface area contributed by atoms with Crippen LogP contribution in [0.2, 0.25) is 0 Å². The van der Waals surface area contributed by atoms with E-state index in [2.05, 4.69) is 20.9 Å².